The van der Waals surface area contributed by atoms with Gasteiger partial charge in [-0.05, 0) is 42.3 Å². The van der Waals surface area contributed by atoms with E-state index in [2.05, 4.69) is 15.3 Å². The van der Waals surface area contributed by atoms with Gasteiger partial charge in [-0.15, -0.1) is 0 Å². The zero-order valence-electron chi connectivity index (χ0n) is 18.9. The second-order valence-electron chi connectivity index (χ2n) is 7.38. The van der Waals surface area contributed by atoms with Gasteiger partial charge in [-0.2, -0.15) is 0 Å². The Bertz CT molecular complexity index is 1160. The summed E-state index contributed by atoms with van der Waals surface area (Å²) in [5.74, 6) is -1.25. The Balaban J connectivity index is 0.00000456. The van der Waals surface area contributed by atoms with Crippen molar-refractivity contribution in [2.45, 2.75) is 12.5 Å². The number of rotatable bonds is 11. The van der Waals surface area contributed by atoms with Crippen LogP contribution in [0.5, 0.6) is 0 Å². The first kappa shape index (κ1) is 29.8. The van der Waals surface area contributed by atoms with Crippen LogP contribution in [0.15, 0.2) is 67.0 Å². The van der Waals surface area contributed by atoms with Gasteiger partial charge in [-0.25, -0.2) is 14.8 Å². The molecule has 1 heterocycles. The van der Waals surface area contributed by atoms with Crippen molar-refractivity contribution in [3.8, 4) is 0 Å². The predicted molar refractivity (Wildman–Crippen MR) is 144 cm³/mol. The fourth-order valence-electron chi connectivity index (χ4n) is 3.23. The van der Waals surface area contributed by atoms with Crippen LogP contribution >= 0.6 is 23.2 Å². The number of halogens is 2. The summed E-state index contributed by atoms with van der Waals surface area (Å²) in [5.41, 5.74) is 1.79. The number of hydrogen-bond donors (Lipinski definition) is 2. The summed E-state index contributed by atoms with van der Waals surface area (Å²) in [7, 11) is 1.63. The number of hydrogen-bond acceptors (Lipinski definition) is 6. The number of aliphatic carboxylic acids is 1. The monoisotopic (exact) mass is 538 g/mol. The zero-order valence-corrected chi connectivity index (χ0v) is 20.4. The van der Waals surface area contributed by atoms with Gasteiger partial charge in [0.25, 0.3) is 5.91 Å². The summed E-state index contributed by atoms with van der Waals surface area (Å²) in [4.78, 5) is 34.8. The summed E-state index contributed by atoms with van der Waals surface area (Å²) in [5, 5.41) is 12.3. The summed E-state index contributed by atoms with van der Waals surface area (Å²) in [6, 6.07) is 12.9. The van der Waals surface area contributed by atoms with Crippen LogP contribution < -0.4 is 10.2 Å². The number of carboxylic acid groups (broad SMARTS) is 1. The minimum atomic E-state index is -1.17. The first-order valence-electron chi connectivity index (χ1n) is 10.7. The molecule has 0 aliphatic heterocycles. The molecule has 11 heteroatoms. The van der Waals surface area contributed by atoms with E-state index < -0.39 is 17.9 Å². The van der Waals surface area contributed by atoms with Crippen molar-refractivity contribution in [1.29, 1.82) is 0 Å². The number of methoxy groups -OCH3 is 1. The quantitative estimate of drug-likeness (QED) is 0.352. The first-order valence-corrected chi connectivity index (χ1v) is 11.4. The summed E-state index contributed by atoms with van der Waals surface area (Å²) in [6.07, 6.45) is 6.90. The van der Waals surface area contributed by atoms with Crippen LogP contribution in [0, 0.1) is 0 Å². The van der Waals surface area contributed by atoms with Gasteiger partial charge in [0, 0.05) is 31.7 Å². The molecule has 8 nitrogen and oxygen atoms in total. The summed E-state index contributed by atoms with van der Waals surface area (Å²) in [6.45, 7) is 1.08. The van der Waals surface area contributed by atoms with Crippen LogP contribution in [0.1, 0.15) is 22.3 Å². The Kier molecular flexibility index (Phi) is 12.4. The summed E-state index contributed by atoms with van der Waals surface area (Å²) >= 11 is 12.1. The molecule has 0 bridgehead atoms. The number of nitrogens with one attached hydrogen (secondary N) is 1. The molecule has 0 aliphatic rings. The number of ether oxygens (including phenoxy) is 1. The van der Waals surface area contributed by atoms with E-state index in [1.807, 2.05) is 29.2 Å². The van der Waals surface area contributed by atoms with Gasteiger partial charge < -0.3 is 20.1 Å². The van der Waals surface area contributed by atoms with Gasteiger partial charge in [-0.1, -0.05) is 53.6 Å². The molecule has 1 aromatic heterocycles. The SMILES string of the molecule is COCCN(c1ccc(C=CCC(NC(=O)c2c(Cl)cccc2Cl)C(=O)O)cc1)c1ncccn1.[NaH]. The predicted octanol–water partition coefficient (Wildman–Crippen LogP) is 4.21. The number of carbonyl (C=O) groups is 2. The fourth-order valence-corrected chi connectivity index (χ4v) is 3.80. The number of carboxylic acids is 1. The van der Waals surface area contributed by atoms with E-state index in [9.17, 15) is 14.7 Å². The van der Waals surface area contributed by atoms with E-state index in [1.54, 1.807) is 43.8 Å². The second-order valence-corrected chi connectivity index (χ2v) is 8.20. The van der Waals surface area contributed by atoms with E-state index in [-0.39, 0.29) is 51.6 Å². The molecule has 36 heavy (non-hydrogen) atoms. The number of nitrogens with zero attached hydrogens (tertiary/aromatic N) is 3. The Morgan fingerprint density at radius 1 is 1.08 bits per heavy atom. The molecule has 1 unspecified atom stereocenters. The number of amides is 1. The molecule has 0 spiro atoms. The molecular formula is C25H25Cl2N4NaO4. The first-order chi connectivity index (χ1) is 16.9. The van der Waals surface area contributed by atoms with Gasteiger partial charge in [0.2, 0.25) is 5.95 Å². The number of benzene rings is 2. The van der Waals surface area contributed by atoms with E-state index in [0.29, 0.717) is 19.1 Å². The Morgan fingerprint density at radius 2 is 1.72 bits per heavy atom. The maximum absolute atomic E-state index is 12.5. The molecule has 2 N–H and O–H groups in total. The number of aromatic nitrogens is 2. The van der Waals surface area contributed by atoms with Crippen molar-refractivity contribution in [1.82, 2.24) is 15.3 Å². The number of carbonyl (C=O) groups excluding carboxylic acids is 1. The average molecular weight is 539 g/mol. The van der Waals surface area contributed by atoms with Crippen molar-refractivity contribution in [3.05, 3.63) is 88.2 Å². The molecule has 1 amide bonds. The van der Waals surface area contributed by atoms with Crippen LogP contribution in [0.2, 0.25) is 10.0 Å². The average Bonchev–Trinajstić information content (AvgIpc) is 2.85. The third-order valence-corrected chi connectivity index (χ3v) is 5.62. The van der Waals surface area contributed by atoms with Crippen molar-refractivity contribution < 1.29 is 19.4 Å². The van der Waals surface area contributed by atoms with Crippen LogP contribution in [-0.2, 0) is 9.53 Å². The molecule has 1 atom stereocenters. The molecule has 0 fully saturated rings. The molecule has 0 radical (unpaired) electrons. The van der Waals surface area contributed by atoms with Crippen molar-refractivity contribution in [2.24, 2.45) is 0 Å². The van der Waals surface area contributed by atoms with E-state index in [0.717, 1.165) is 11.3 Å². The topological polar surface area (TPSA) is 105 Å². The molecular weight excluding hydrogens is 514 g/mol. The van der Waals surface area contributed by atoms with Gasteiger partial charge >= 0.3 is 35.5 Å². The molecule has 2 aromatic carbocycles. The molecule has 184 valence electrons. The Hall–Kier alpha value is -2.46. The fraction of sp³-hybridized carbons (Fsp3) is 0.200. The third-order valence-electron chi connectivity index (χ3n) is 4.99. The standard InChI is InChI=1S/C25H24Cl2N4O4.Na.H/c1-35-16-15-31(25-28-13-4-14-29-25)18-11-9-17(10-12-18)5-2-8-21(24(33)34)30-23(32)22-19(26)6-3-7-20(22)27;;/h2-7,9-14,21H,8,15-16H2,1H3,(H,30,32)(H,33,34);;. The van der Waals surface area contributed by atoms with Crippen molar-refractivity contribution in [2.75, 3.05) is 25.2 Å². The van der Waals surface area contributed by atoms with Crippen molar-refractivity contribution >= 4 is 82.3 Å². The second kappa shape index (κ2) is 14.9. The van der Waals surface area contributed by atoms with E-state index in [1.165, 1.54) is 12.1 Å². The van der Waals surface area contributed by atoms with Crippen LogP contribution in [0.4, 0.5) is 11.6 Å². The van der Waals surface area contributed by atoms with Gasteiger partial charge in [0.05, 0.1) is 22.2 Å². The minimum absolute atomic E-state index is 0. The molecule has 3 rings (SSSR count). The van der Waals surface area contributed by atoms with Crippen molar-refractivity contribution in [3.63, 3.8) is 0 Å². The molecule has 3 aromatic rings. The zero-order chi connectivity index (χ0) is 25.2. The van der Waals surface area contributed by atoms with Gasteiger partial charge in [0.15, 0.2) is 0 Å². The Morgan fingerprint density at radius 3 is 2.31 bits per heavy atom. The van der Waals surface area contributed by atoms with Crippen LogP contribution in [-0.4, -0.2) is 82.8 Å². The molecule has 0 saturated carbocycles. The van der Waals surface area contributed by atoms with E-state index in [4.69, 9.17) is 27.9 Å². The summed E-state index contributed by atoms with van der Waals surface area (Å²) < 4.78 is 5.20. The van der Waals surface area contributed by atoms with Gasteiger partial charge in [-0.3, -0.25) is 4.79 Å². The van der Waals surface area contributed by atoms with Crippen LogP contribution in [0.3, 0.4) is 0 Å². The van der Waals surface area contributed by atoms with Crippen LogP contribution in [0.25, 0.3) is 6.08 Å². The molecule has 0 aliphatic carbocycles. The number of anilines is 2. The molecule has 0 saturated heterocycles. The normalized spacial score (nSPS) is 11.5. The third kappa shape index (κ3) is 8.30. The van der Waals surface area contributed by atoms with E-state index >= 15 is 0 Å². The maximum atomic E-state index is 12.5. The Labute approximate surface area is 241 Å². The van der Waals surface area contributed by atoms with Gasteiger partial charge in [0.1, 0.15) is 6.04 Å².